The summed E-state index contributed by atoms with van der Waals surface area (Å²) in [5.74, 6) is 5.16. The monoisotopic (exact) mass is 299 g/mol. The number of aliphatic hydroxyl groups is 1. The van der Waals surface area contributed by atoms with Gasteiger partial charge in [-0.2, -0.15) is 0 Å². The molecule has 0 saturated carbocycles. The second kappa shape index (κ2) is 6.94. The first-order valence-corrected chi connectivity index (χ1v) is 6.75. The molecule has 0 saturated heterocycles. The van der Waals surface area contributed by atoms with Crippen molar-refractivity contribution in [3.63, 3.8) is 0 Å². The zero-order chi connectivity index (χ0) is 15.2. The Morgan fingerprint density at radius 1 is 1.24 bits per heavy atom. The minimum atomic E-state index is -0.204. The molecule has 2 aromatic carbocycles. The number of amides is 1. The van der Waals surface area contributed by atoms with Gasteiger partial charge < -0.3 is 10.4 Å². The highest BCUT2D eigenvalue weighted by molar-refractivity contribution is 6.31. The number of benzene rings is 2. The highest BCUT2D eigenvalue weighted by atomic mass is 35.5. The van der Waals surface area contributed by atoms with Gasteiger partial charge in [-0.3, -0.25) is 4.79 Å². The third-order valence-corrected chi connectivity index (χ3v) is 3.13. The fourth-order valence-electron chi connectivity index (χ4n) is 1.82. The summed E-state index contributed by atoms with van der Waals surface area (Å²) >= 11 is 5.92. The van der Waals surface area contributed by atoms with E-state index in [-0.39, 0.29) is 12.5 Å². The number of hydrogen-bond donors (Lipinski definition) is 2. The lowest BCUT2D eigenvalue weighted by Gasteiger charge is -2.08. The summed E-state index contributed by atoms with van der Waals surface area (Å²) in [6, 6.07) is 12.3. The molecule has 2 rings (SSSR count). The van der Waals surface area contributed by atoms with Gasteiger partial charge in [0, 0.05) is 21.8 Å². The first-order valence-electron chi connectivity index (χ1n) is 6.37. The van der Waals surface area contributed by atoms with Crippen LogP contribution in [0.4, 0.5) is 5.69 Å². The van der Waals surface area contributed by atoms with Crippen molar-refractivity contribution in [2.45, 2.75) is 6.92 Å². The molecule has 4 heteroatoms. The smallest absolute Gasteiger partial charge is 0.255 e. The lowest BCUT2D eigenvalue weighted by molar-refractivity contribution is 0.102. The van der Waals surface area contributed by atoms with E-state index in [0.717, 1.165) is 11.1 Å². The molecule has 0 aliphatic carbocycles. The third kappa shape index (κ3) is 4.09. The molecule has 21 heavy (non-hydrogen) atoms. The molecular weight excluding hydrogens is 286 g/mol. The maximum absolute atomic E-state index is 12.2. The molecule has 0 fully saturated rings. The number of aryl methyl sites for hydroxylation is 1. The fraction of sp³-hybridized carbons (Fsp3) is 0.118. The van der Waals surface area contributed by atoms with E-state index in [4.69, 9.17) is 16.7 Å². The van der Waals surface area contributed by atoms with E-state index in [0.29, 0.717) is 16.3 Å². The number of hydrogen-bond acceptors (Lipinski definition) is 2. The van der Waals surface area contributed by atoms with Crippen LogP contribution < -0.4 is 5.32 Å². The van der Waals surface area contributed by atoms with Gasteiger partial charge in [-0.05, 0) is 48.9 Å². The normalized spacial score (nSPS) is 9.67. The molecule has 1 amide bonds. The van der Waals surface area contributed by atoms with Crippen LogP contribution in [0.3, 0.4) is 0 Å². The number of carbonyl (C=O) groups is 1. The molecule has 0 bridgehead atoms. The summed E-state index contributed by atoms with van der Waals surface area (Å²) in [5, 5.41) is 12.0. The van der Waals surface area contributed by atoms with Crippen molar-refractivity contribution in [1.29, 1.82) is 0 Å². The zero-order valence-corrected chi connectivity index (χ0v) is 12.2. The van der Waals surface area contributed by atoms with E-state index in [9.17, 15) is 4.79 Å². The van der Waals surface area contributed by atoms with Crippen LogP contribution in [0.25, 0.3) is 0 Å². The Bertz CT molecular complexity index is 712. The number of aliphatic hydroxyl groups excluding tert-OH is 1. The Morgan fingerprint density at radius 2 is 1.95 bits per heavy atom. The summed E-state index contributed by atoms with van der Waals surface area (Å²) < 4.78 is 0. The van der Waals surface area contributed by atoms with Crippen LogP contribution in [0, 0.1) is 18.8 Å². The first kappa shape index (κ1) is 15.1. The fourth-order valence-corrected chi connectivity index (χ4v) is 1.99. The molecule has 0 aliphatic heterocycles. The van der Waals surface area contributed by atoms with Crippen LogP contribution in [-0.2, 0) is 0 Å². The molecule has 0 heterocycles. The van der Waals surface area contributed by atoms with E-state index in [2.05, 4.69) is 17.2 Å². The second-order valence-corrected chi connectivity index (χ2v) is 4.89. The lowest BCUT2D eigenvalue weighted by atomic mass is 10.1. The van der Waals surface area contributed by atoms with Crippen molar-refractivity contribution >= 4 is 23.2 Å². The molecule has 0 spiro atoms. The van der Waals surface area contributed by atoms with Gasteiger partial charge in [0.2, 0.25) is 0 Å². The SMILES string of the molecule is Cc1ccc(Cl)cc1C(=O)Nc1ccc(C#CCO)cc1. The van der Waals surface area contributed by atoms with Crippen molar-refractivity contribution in [3.8, 4) is 11.8 Å². The van der Waals surface area contributed by atoms with Gasteiger partial charge >= 0.3 is 0 Å². The standard InChI is InChI=1S/C17H14ClNO2/c1-12-4-7-14(18)11-16(12)17(21)19-15-8-5-13(6-9-15)3-2-10-20/h4-9,11,20H,10H2,1H3,(H,19,21). The van der Waals surface area contributed by atoms with Gasteiger partial charge in [0.25, 0.3) is 5.91 Å². The molecule has 2 N–H and O–H groups in total. The molecule has 0 aromatic heterocycles. The average Bonchev–Trinajstić information content (AvgIpc) is 2.49. The number of halogens is 1. The molecule has 0 radical (unpaired) electrons. The highest BCUT2D eigenvalue weighted by Crippen LogP contribution is 2.17. The first-order chi connectivity index (χ1) is 10.1. The number of carbonyl (C=O) groups excluding carboxylic acids is 1. The Hall–Kier alpha value is -2.28. The van der Waals surface area contributed by atoms with Crippen molar-refractivity contribution in [1.82, 2.24) is 0 Å². The lowest BCUT2D eigenvalue weighted by Crippen LogP contribution is -2.13. The zero-order valence-electron chi connectivity index (χ0n) is 11.5. The Kier molecular flexibility index (Phi) is 4.99. The maximum Gasteiger partial charge on any atom is 0.255 e. The van der Waals surface area contributed by atoms with Gasteiger partial charge in [0.15, 0.2) is 0 Å². The van der Waals surface area contributed by atoms with Gasteiger partial charge in [-0.1, -0.05) is 29.5 Å². The van der Waals surface area contributed by atoms with Gasteiger partial charge in [-0.15, -0.1) is 0 Å². The molecule has 2 aromatic rings. The predicted molar refractivity (Wildman–Crippen MR) is 84.5 cm³/mol. The van der Waals surface area contributed by atoms with Crippen LogP contribution in [0.2, 0.25) is 5.02 Å². The molecule has 3 nitrogen and oxygen atoms in total. The largest absolute Gasteiger partial charge is 0.384 e. The average molecular weight is 300 g/mol. The van der Waals surface area contributed by atoms with Gasteiger partial charge in [-0.25, -0.2) is 0 Å². The van der Waals surface area contributed by atoms with E-state index in [1.807, 2.05) is 13.0 Å². The Balaban J connectivity index is 2.14. The maximum atomic E-state index is 12.2. The number of anilines is 1. The summed E-state index contributed by atoms with van der Waals surface area (Å²) in [6.45, 7) is 1.69. The van der Waals surface area contributed by atoms with Crippen LogP contribution in [0.1, 0.15) is 21.5 Å². The Morgan fingerprint density at radius 3 is 2.62 bits per heavy atom. The van der Waals surface area contributed by atoms with Gasteiger partial charge in [0.05, 0.1) is 0 Å². The van der Waals surface area contributed by atoms with Crippen molar-refractivity contribution in [3.05, 3.63) is 64.2 Å². The topological polar surface area (TPSA) is 49.3 Å². The number of rotatable bonds is 2. The molecule has 0 atom stereocenters. The minimum Gasteiger partial charge on any atom is -0.384 e. The van der Waals surface area contributed by atoms with Crippen molar-refractivity contribution in [2.75, 3.05) is 11.9 Å². The minimum absolute atomic E-state index is 0.174. The molecule has 0 aliphatic rings. The Labute approximate surface area is 128 Å². The van der Waals surface area contributed by atoms with E-state index >= 15 is 0 Å². The second-order valence-electron chi connectivity index (χ2n) is 4.45. The van der Waals surface area contributed by atoms with E-state index in [1.165, 1.54) is 0 Å². The van der Waals surface area contributed by atoms with Crippen molar-refractivity contribution < 1.29 is 9.90 Å². The van der Waals surface area contributed by atoms with Crippen LogP contribution >= 0.6 is 11.6 Å². The van der Waals surface area contributed by atoms with Crippen molar-refractivity contribution in [2.24, 2.45) is 0 Å². The third-order valence-electron chi connectivity index (χ3n) is 2.90. The summed E-state index contributed by atoms with van der Waals surface area (Å²) in [7, 11) is 0. The van der Waals surface area contributed by atoms with Crippen LogP contribution in [0.15, 0.2) is 42.5 Å². The van der Waals surface area contributed by atoms with E-state index < -0.39 is 0 Å². The quantitative estimate of drug-likeness (QED) is 0.836. The molecular formula is C17H14ClNO2. The number of nitrogens with one attached hydrogen (secondary N) is 1. The van der Waals surface area contributed by atoms with Gasteiger partial charge in [0.1, 0.15) is 6.61 Å². The summed E-state index contributed by atoms with van der Waals surface area (Å²) in [6.07, 6.45) is 0. The predicted octanol–water partition coefficient (Wildman–Crippen LogP) is 3.24. The van der Waals surface area contributed by atoms with E-state index in [1.54, 1.807) is 36.4 Å². The molecule has 106 valence electrons. The van der Waals surface area contributed by atoms with Crippen LogP contribution in [0.5, 0.6) is 0 Å². The highest BCUT2D eigenvalue weighted by Gasteiger charge is 2.09. The summed E-state index contributed by atoms with van der Waals surface area (Å²) in [4.78, 5) is 12.2. The summed E-state index contributed by atoms with van der Waals surface area (Å²) in [5.41, 5.74) is 2.86. The molecule has 0 unspecified atom stereocenters. The van der Waals surface area contributed by atoms with Crippen LogP contribution in [-0.4, -0.2) is 17.6 Å².